The summed E-state index contributed by atoms with van der Waals surface area (Å²) < 4.78 is 9.13. The van der Waals surface area contributed by atoms with E-state index in [1.54, 1.807) is 0 Å². The summed E-state index contributed by atoms with van der Waals surface area (Å²) in [6.45, 7) is 12.1. The summed E-state index contributed by atoms with van der Waals surface area (Å²) in [7, 11) is 0. The summed E-state index contributed by atoms with van der Waals surface area (Å²) in [5.41, 5.74) is 0.501. The molecule has 0 rings (SSSR count). The van der Waals surface area contributed by atoms with Gasteiger partial charge in [0, 0.05) is 34.9 Å². The predicted molar refractivity (Wildman–Crippen MR) is 79.9 cm³/mol. The van der Waals surface area contributed by atoms with Crippen LogP contribution in [0.1, 0.15) is 27.7 Å². The van der Waals surface area contributed by atoms with Crippen LogP contribution in [-0.2, 0) is 48.1 Å². The maximum Gasteiger partial charge on any atom is 2.00 e. The first-order valence-corrected chi connectivity index (χ1v) is 6.97. The summed E-state index contributed by atoms with van der Waals surface area (Å²) in [6.07, 6.45) is 0. The van der Waals surface area contributed by atoms with Crippen LogP contribution in [0.2, 0.25) is 0 Å². The van der Waals surface area contributed by atoms with Crippen LogP contribution in [0, 0.1) is 11.8 Å². The van der Waals surface area contributed by atoms with E-state index in [-0.39, 0.29) is 43.8 Å². The summed E-state index contributed by atoms with van der Waals surface area (Å²) in [5, 5.41) is 20.3. The Labute approximate surface area is 159 Å². The van der Waals surface area contributed by atoms with E-state index < -0.39 is 35.7 Å². The van der Waals surface area contributed by atoms with Crippen molar-refractivity contribution in [3.8, 4) is 0 Å². The van der Waals surface area contributed by atoms with Gasteiger partial charge in [-0.15, -0.1) is 0 Å². The monoisotopic (exact) mass is 406 g/mol. The Balaban J connectivity index is -0.000000372. The quantitative estimate of drug-likeness (QED) is 0.283. The normalized spacial score (nSPS) is 11.4. The van der Waals surface area contributed by atoms with E-state index in [0.717, 1.165) is 0 Å². The zero-order valence-corrected chi connectivity index (χ0v) is 17.9. The SMILES string of the molecule is C=C(C)C(=O)OCC(C)C(=O)[O-].C=C(C)C(=O)OCC(C)C(=O)[O-].[Zn+2]. The van der Waals surface area contributed by atoms with Crippen molar-refractivity contribution in [3.05, 3.63) is 24.3 Å². The van der Waals surface area contributed by atoms with Gasteiger partial charge in [-0.1, -0.05) is 27.0 Å². The van der Waals surface area contributed by atoms with Crippen molar-refractivity contribution < 1.29 is 58.3 Å². The molecule has 0 aromatic heterocycles. The largest absolute Gasteiger partial charge is 2.00 e. The Morgan fingerprint density at radius 3 is 1.20 bits per heavy atom. The van der Waals surface area contributed by atoms with Gasteiger partial charge < -0.3 is 29.3 Å². The topological polar surface area (TPSA) is 133 Å². The predicted octanol–water partition coefficient (Wildman–Crippen LogP) is -1.02. The summed E-state index contributed by atoms with van der Waals surface area (Å²) in [6, 6.07) is 0. The molecule has 136 valence electrons. The van der Waals surface area contributed by atoms with E-state index in [9.17, 15) is 29.4 Å². The van der Waals surface area contributed by atoms with Gasteiger partial charge in [-0.05, 0) is 13.8 Å². The van der Waals surface area contributed by atoms with Crippen LogP contribution < -0.4 is 10.2 Å². The van der Waals surface area contributed by atoms with E-state index >= 15 is 0 Å². The molecule has 0 heterocycles. The fourth-order valence-electron chi connectivity index (χ4n) is 0.784. The van der Waals surface area contributed by atoms with Gasteiger partial charge in [0.05, 0.1) is 13.2 Å². The molecule has 2 unspecified atom stereocenters. The number of carboxylic acid groups (broad SMARTS) is 2. The molecular formula is C16H22O8Zn. The van der Waals surface area contributed by atoms with Crippen molar-refractivity contribution in [2.45, 2.75) is 27.7 Å². The molecule has 0 spiro atoms. The van der Waals surface area contributed by atoms with Gasteiger partial charge in [-0.2, -0.15) is 0 Å². The zero-order valence-electron chi connectivity index (χ0n) is 15.0. The molecule has 0 aromatic carbocycles. The number of aliphatic carboxylic acids is 2. The van der Waals surface area contributed by atoms with Gasteiger partial charge in [-0.3, -0.25) is 0 Å². The van der Waals surface area contributed by atoms with Crippen LogP contribution in [-0.4, -0.2) is 37.1 Å². The summed E-state index contributed by atoms with van der Waals surface area (Å²) in [5.74, 6) is -5.19. The molecule has 0 N–H and O–H groups in total. The van der Waals surface area contributed by atoms with E-state index in [1.807, 2.05) is 0 Å². The van der Waals surface area contributed by atoms with Crippen molar-refractivity contribution in [2.24, 2.45) is 11.8 Å². The van der Waals surface area contributed by atoms with Crippen LogP contribution in [0.3, 0.4) is 0 Å². The van der Waals surface area contributed by atoms with E-state index in [1.165, 1.54) is 27.7 Å². The van der Waals surface area contributed by atoms with Crippen molar-refractivity contribution in [2.75, 3.05) is 13.2 Å². The van der Waals surface area contributed by atoms with Crippen LogP contribution in [0.5, 0.6) is 0 Å². The minimum absolute atomic E-state index is 0. The second-order valence-corrected chi connectivity index (χ2v) is 5.20. The maximum atomic E-state index is 10.7. The third kappa shape index (κ3) is 15.3. The van der Waals surface area contributed by atoms with Gasteiger partial charge in [0.2, 0.25) is 0 Å². The fourth-order valence-corrected chi connectivity index (χ4v) is 0.784. The first kappa shape index (κ1) is 27.8. The van der Waals surface area contributed by atoms with Crippen LogP contribution in [0.15, 0.2) is 24.3 Å². The average molecular weight is 408 g/mol. The molecule has 0 bridgehead atoms. The number of rotatable bonds is 8. The number of carboxylic acids is 2. The molecule has 9 heteroatoms. The third-order valence-electron chi connectivity index (χ3n) is 2.43. The number of hydrogen-bond acceptors (Lipinski definition) is 8. The molecule has 0 saturated heterocycles. The van der Waals surface area contributed by atoms with Crippen LogP contribution in [0.4, 0.5) is 0 Å². The standard InChI is InChI=1S/2C8H12O4.Zn/c2*1-5(2)8(11)12-4-6(3)7(9)10;/h2*6H,1,4H2,2-3H3,(H,9,10);/q;;+2/p-2. The smallest absolute Gasteiger partial charge is 0.550 e. The van der Waals surface area contributed by atoms with Crippen molar-refractivity contribution in [1.82, 2.24) is 0 Å². The van der Waals surface area contributed by atoms with Crippen molar-refractivity contribution in [1.29, 1.82) is 0 Å². The first-order valence-electron chi connectivity index (χ1n) is 6.97. The van der Waals surface area contributed by atoms with E-state index in [2.05, 4.69) is 22.6 Å². The minimum atomic E-state index is -1.23. The first-order chi connectivity index (χ1) is 10.9. The molecular weight excluding hydrogens is 386 g/mol. The van der Waals surface area contributed by atoms with Gasteiger partial charge >= 0.3 is 31.4 Å². The molecule has 0 saturated carbocycles. The molecule has 0 amide bonds. The van der Waals surface area contributed by atoms with E-state index in [4.69, 9.17) is 0 Å². The third-order valence-corrected chi connectivity index (χ3v) is 2.43. The van der Waals surface area contributed by atoms with Gasteiger partial charge in [0.1, 0.15) is 0 Å². The molecule has 0 fully saturated rings. The van der Waals surface area contributed by atoms with Crippen LogP contribution in [0.25, 0.3) is 0 Å². The second-order valence-electron chi connectivity index (χ2n) is 5.20. The van der Waals surface area contributed by atoms with Crippen LogP contribution >= 0.6 is 0 Å². The Bertz CT molecular complexity index is 466. The van der Waals surface area contributed by atoms with Gasteiger partial charge in [-0.25, -0.2) is 9.59 Å². The Hall–Kier alpha value is -2.02. The Morgan fingerprint density at radius 1 is 0.800 bits per heavy atom. The average Bonchev–Trinajstić information content (AvgIpc) is 2.49. The zero-order chi connectivity index (χ0) is 19.4. The van der Waals surface area contributed by atoms with E-state index in [0.29, 0.717) is 0 Å². The van der Waals surface area contributed by atoms with Crippen molar-refractivity contribution >= 4 is 23.9 Å². The molecule has 0 aromatic rings. The Morgan fingerprint density at radius 2 is 1.04 bits per heavy atom. The second kappa shape index (κ2) is 14.3. The molecule has 0 aliphatic carbocycles. The van der Waals surface area contributed by atoms with Gasteiger partial charge in [0.25, 0.3) is 0 Å². The minimum Gasteiger partial charge on any atom is -0.550 e. The fraction of sp³-hybridized carbons (Fsp3) is 0.500. The number of carbonyl (C=O) groups excluding carboxylic acids is 4. The molecule has 0 radical (unpaired) electrons. The van der Waals surface area contributed by atoms with Crippen molar-refractivity contribution in [3.63, 3.8) is 0 Å². The number of ether oxygens (including phenoxy) is 2. The van der Waals surface area contributed by atoms with Gasteiger partial charge in [0.15, 0.2) is 0 Å². The number of esters is 2. The number of carbonyl (C=O) groups is 4. The maximum absolute atomic E-state index is 10.7. The Kier molecular flexibility index (Phi) is 16.0. The molecule has 0 aliphatic rings. The molecule has 8 nitrogen and oxygen atoms in total. The molecule has 0 aliphatic heterocycles. The molecule has 2 atom stereocenters. The molecule has 25 heavy (non-hydrogen) atoms. The number of hydrogen-bond donors (Lipinski definition) is 0. The summed E-state index contributed by atoms with van der Waals surface area (Å²) in [4.78, 5) is 41.8. The summed E-state index contributed by atoms with van der Waals surface area (Å²) >= 11 is 0.